The van der Waals surface area contributed by atoms with Crippen molar-refractivity contribution < 1.29 is 23.8 Å². The summed E-state index contributed by atoms with van der Waals surface area (Å²) >= 11 is 0. The van der Waals surface area contributed by atoms with E-state index in [0.29, 0.717) is 30.6 Å². The molecule has 0 amide bonds. The zero-order valence-electron chi connectivity index (χ0n) is 13.0. The Bertz CT molecular complexity index is 588. The normalized spacial score (nSPS) is 20.8. The van der Waals surface area contributed by atoms with Gasteiger partial charge in [0, 0.05) is 12.8 Å². The van der Waals surface area contributed by atoms with Gasteiger partial charge in [-0.05, 0) is 37.6 Å². The molecule has 0 heterocycles. The molecule has 1 aliphatic carbocycles. The molecule has 0 N–H and O–H groups in total. The molecule has 0 saturated carbocycles. The molecule has 1 aromatic carbocycles. The summed E-state index contributed by atoms with van der Waals surface area (Å²) in [4.78, 5) is 24.4. The molecule has 1 aliphatic rings. The summed E-state index contributed by atoms with van der Waals surface area (Å²) in [5.41, 5.74) is 0.320. The van der Waals surface area contributed by atoms with Crippen LogP contribution >= 0.6 is 0 Å². The van der Waals surface area contributed by atoms with Crippen LogP contribution in [-0.2, 0) is 14.3 Å². The van der Waals surface area contributed by atoms with E-state index in [4.69, 9.17) is 14.2 Å². The van der Waals surface area contributed by atoms with Crippen LogP contribution in [0.15, 0.2) is 35.9 Å². The fourth-order valence-corrected chi connectivity index (χ4v) is 2.41. The highest BCUT2D eigenvalue weighted by Gasteiger charge is 2.44. The molecule has 118 valence electrons. The van der Waals surface area contributed by atoms with E-state index in [9.17, 15) is 9.59 Å². The van der Waals surface area contributed by atoms with Gasteiger partial charge in [-0.25, -0.2) is 9.59 Å². The van der Waals surface area contributed by atoms with Crippen molar-refractivity contribution in [1.82, 2.24) is 0 Å². The Balaban J connectivity index is 2.19. The second-order valence-corrected chi connectivity index (χ2v) is 5.36. The van der Waals surface area contributed by atoms with Crippen molar-refractivity contribution in [3.63, 3.8) is 0 Å². The first-order valence-corrected chi connectivity index (χ1v) is 7.12. The standard InChI is InChI=1S/C17H20O5/c1-12-8-10-17(11-9-12,16(19)21-3)22-15(18)13-4-6-14(20-2)7-5-13/h4-8H,9-11H2,1-3H3. The highest BCUT2D eigenvalue weighted by molar-refractivity contribution is 5.93. The molecule has 0 aliphatic heterocycles. The quantitative estimate of drug-likeness (QED) is 0.632. The van der Waals surface area contributed by atoms with Crippen LogP contribution in [0, 0.1) is 0 Å². The molecule has 0 fully saturated rings. The van der Waals surface area contributed by atoms with Crippen LogP contribution in [0.3, 0.4) is 0 Å². The Morgan fingerprint density at radius 1 is 1.14 bits per heavy atom. The fourth-order valence-electron chi connectivity index (χ4n) is 2.41. The lowest BCUT2D eigenvalue weighted by atomic mass is 9.85. The van der Waals surface area contributed by atoms with Gasteiger partial charge in [-0.2, -0.15) is 0 Å². The largest absolute Gasteiger partial charge is 0.497 e. The van der Waals surface area contributed by atoms with Crippen molar-refractivity contribution in [3.8, 4) is 5.75 Å². The van der Waals surface area contributed by atoms with Crippen molar-refractivity contribution in [3.05, 3.63) is 41.5 Å². The zero-order chi connectivity index (χ0) is 16.2. The third-order valence-electron chi connectivity index (χ3n) is 3.87. The highest BCUT2D eigenvalue weighted by Crippen LogP contribution is 2.33. The molecule has 22 heavy (non-hydrogen) atoms. The first-order chi connectivity index (χ1) is 10.5. The molecule has 0 aromatic heterocycles. The predicted octanol–water partition coefficient (Wildman–Crippen LogP) is 2.89. The molecule has 1 atom stereocenters. The maximum atomic E-state index is 12.3. The topological polar surface area (TPSA) is 61.8 Å². The molecule has 5 heteroatoms. The summed E-state index contributed by atoms with van der Waals surface area (Å²) in [6.07, 6.45) is 3.39. The van der Waals surface area contributed by atoms with E-state index in [1.807, 2.05) is 13.0 Å². The Kier molecular flexibility index (Phi) is 4.85. The smallest absolute Gasteiger partial charge is 0.350 e. The molecule has 0 radical (unpaired) electrons. The molecule has 0 spiro atoms. The molecule has 1 unspecified atom stereocenters. The van der Waals surface area contributed by atoms with E-state index in [0.717, 1.165) is 0 Å². The number of ether oxygens (including phenoxy) is 3. The van der Waals surface area contributed by atoms with Crippen molar-refractivity contribution in [1.29, 1.82) is 0 Å². The van der Waals surface area contributed by atoms with Crippen LogP contribution in [-0.4, -0.2) is 31.8 Å². The first kappa shape index (κ1) is 16.1. The van der Waals surface area contributed by atoms with Gasteiger partial charge >= 0.3 is 11.9 Å². The van der Waals surface area contributed by atoms with Gasteiger partial charge in [0.15, 0.2) is 0 Å². The van der Waals surface area contributed by atoms with E-state index in [1.54, 1.807) is 31.4 Å². The summed E-state index contributed by atoms with van der Waals surface area (Å²) in [5.74, 6) is -0.408. The summed E-state index contributed by atoms with van der Waals surface area (Å²) in [6.45, 7) is 1.99. The van der Waals surface area contributed by atoms with Crippen LogP contribution in [0.1, 0.15) is 36.5 Å². The van der Waals surface area contributed by atoms with Crippen molar-refractivity contribution in [2.24, 2.45) is 0 Å². The van der Waals surface area contributed by atoms with E-state index in [1.165, 1.54) is 12.7 Å². The van der Waals surface area contributed by atoms with Gasteiger partial charge in [-0.1, -0.05) is 11.6 Å². The van der Waals surface area contributed by atoms with Crippen LogP contribution < -0.4 is 4.74 Å². The van der Waals surface area contributed by atoms with Crippen LogP contribution in [0.4, 0.5) is 0 Å². The van der Waals surface area contributed by atoms with E-state index >= 15 is 0 Å². The number of methoxy groups -OCH3 is 2. The number of rotatable bonds is 4. The number of carbonyl (C=O) groups is 2. The van der Waals surface area contributed by atoms with Crippen LogP contribution in [0.25, 0.3) is 0 Å². The third-order valence-corrected chi connectivity index (χ3v) is 3.87. The monoisotopic (exact) mass is 304 g/mol. The maximum absolute atomic E-state index is 12.3. The van der Waals surface area contributed by atoms with Gasteiger partial charge < -0.3 is 14.2 Å². The van der Waals surface area contributed by atoms with Gasteiger partial charge in [0.2, 0.25) is 5.60 Å². The van der Waals surface area contributed by atoms with E-state index in [2.05, 4.69) is 0 Å². The second-order valence-electron chi connectivity index (χ2n) is 5.36. The lowest BCUT2D eigenvalue weighted by molar-refractivity contribution is -0.164. The number of hydrogen-bond acceptors (Lipinski definition) is 5. The minimum absolute atomic E-state index is 0.341. The van der Waals surface area contributed by atoms with Gasteiger partial charge in [0.1, 0.15) is 5.75 Å². The Morgan fingerprint density at radius 2 is 1.82 bits per heavy atom. The molecule has 0 bridgehead atoms. The number of allylic oxidation sites excluding steroid dienone is 1. The maximum Gasteiger partial charge on any atom is 0.350 e. The summed E-state index contributed by atoms with van der Waals surface area (Å²) in [5, 5.41) is 0. The molecule has 0 saturated heterocycles. The zero-order valence-corrected chi connectivity index (χ0v) is 13.0. The highest BCUT2D eigenvalue weighted by atomic mass is 16.6. The average molecular weight is 304 g/mol. The molecular weight excluding hydrogens is 284 g/mol. The SMILES string of the molecule is COC(=O)C1(OC(=O)c2ccc(OC)cc2)CC=C(C)CC1. The van der Waals surface area contributed by atoms with E-state index in [-0.39, 0.29) is 0 Å². The fraction of sp³-hybridized carbons (Fsp3) is 0.412. The van der Waals surface area contributed by atoms with Crippen molar-refractivity contribution in [2.75, 3.05) is 14.2 Å². The third kappa shape index (κ3) is 3.30. The second kappa shape index (κ2) is 6.64. The molecule has 2 rings (SSSR count). The van der Waals surface area contributed by atoms with Gasteiger partial charge in [-0.15, -0.1) is 0 Å². The Morgan fingerprint density at radius 3 is 2.32 bits per heavy atom. The number of carbonyl (C=O) groups excluding carboxylic acids is 2. The Labute approximate surface area is 129 Å². The number of benzene rings is 1. The van der Waals surface area contributed by atoms with Gasteiger partial charge in [-0.3, -0.25) is 0 Å². The summed E-state index contributed by atoms with van der Waals surface area (Å²) in [6, 6.07) is 6.56. The molecule has 1 aromatic rings. The Hall–Kier alpha value is -2.30. The summed E-state index contributed by atoms with van der Waals surface area (Å²) in [7, 11) is 2.85. The minimum atomic E-state index is -1.23. The minimum Gasteiger partial charge on any atom is -0.497 e. The first-order valence-electron chi connectivity index (χ1n) is 7.12. The van der Waals surface area contributed by atoms with Gasteiger partial charge in [0.05, 0.1) is 19.8 Å². The summed E-state index contributed by atoms with van der Waals surface area (Å²) < 4.78 is 15.4. The van der Waals surface area contributed by atoms with Gasteiger partial charge in [0.25, 0.3) is 0 Å². The van der Waals surface area contributed by atoms with Crippen molar-refractivity contribution in [2.45, 2.75) is 31.8 Å². The lowest BCUT2D eigenvalue weighted by Gasteiger charge is -2.32. The number of esters is 2. The van der Waals surface area contributed by atoms with Crippen molar-refractivity contribution >= 4 is 11.9 Å². The predicted molar refractivity (Wildman–Crippen MR) is 80.8 cm³/mol. The lowest BCUT2D eigenvalue weighted by Crippen LogP contribution is -2.45. The number of hydrogen-bond donors (Lipinski definition) is 0. The molecule has 5 nitrogen and oxygen atoms in total. The van der Waals surface area contributed by atoms with E-state index < -0.39 is 17.5 Å². The average Bonchev–Trinajstić information content (AvgIpc) is 2.56. The van der Waals surface area contributed by atoms with Crippen LogP contribution in [0.2, 0.25) is 0 Å². The molecular formula is C17H20O5. The van der Waals surface area contributed by atoms with Crippen LogP contribution in [0.5, 0.6) is 5.75 Å².